The second-order valence-electron chi connectivity index (χ2n) is 5.37. The number of carbonyl (C=O) groups is 1. The summed E-state index contributed by atoms with van der Waals surface area (Å²) < 4.78 is 10.3. The Balaban J connectivity index is 1.75. The summed E-state index contributed by atoms with van der Waals surface area (Å²) in [5.41, 5.74) is 0. The van der Waals surface area contributed by atoms with E-state index in [9.17, 15) is 9.90 Å². The normalized spacial score (nSPS) is 23.3. The first-order valence-electron chi connectivity index (χ1n) is 6.98. The van der Waals surface area contributed by atoms with Crippen molar-refractivity contribution >= 4 is 5.97 Å². The minimum Gasteiger partial charge on any atom is -0.480 e. The van der Waals surface area contributed by atoms with Crippen molar-refractivity contribution in [3.63, 3.8) is 0 Å². The quantitative estimate of drug-likeness (QED) is 0.921. The van der Waals surface area contributed by atoms with Crippen molar-refractivity contribution in [3.8, 4) is 11.7 Å². The van der Waals surface area contributed by atoms with E-state index >= 15 is 0 Å². The van der Waals surface area contributed by atoms with E-state index in [1.807, 2.05) is 11.8 Å². The molecule has 0 bridgehead atoms. The molecule has 1 aliphatic heterocycles. The van der Waals surface area contributed by atoms with Gasteiger partial charge in [-0.05, 0) is 37.4 Å². The molecule has 2 unspecified atom stereocenters. The molecule has 0 amide bonds. The van der Waals surface area contributed by atoms with Gasteiger partial charge < -0.3 is 14.0 Å². The molecule has 3 rings (SSSR count). The number of rotatable bonds is 4. The van der Waals surface area contributed by atoms with Crippen molar-refractivity contribution in [3.05, 3.63) is 24.2 Å². The second-order valence-corrected chi connectivity index (χ2v) is 5.37. The van der Waals surface area contributed by atoms with Crippen LogP contribution in [0.2, 0.25) is 0 Å². The van der Waals surface area contributed by atoms with Crippen LogP contribution in [0, 0.1) is 5.92 Å². The van der Waals surface area contributed by atoms with Gasteiger partial charge in [0.15, 0.2) is 11.6 Å². The lowest BCUT2D eigenvalue weighted by molar-refractivity contribution is -0.147. The first kappa shape index (κ1) is 13.8. The molecule has 7 heteroatoms. The topological polar surface area (TPSA) is 92.6 Å². The summed E-state index contributed by atoms with van der Waals surface area (Å²) in [6.45, 7) is 3.06. The Morgan fingerprint density at radius 1 is 1.57 bits per heavy atom. The molecule has 1 saturated heterocycles. The van der Waals surface area contributed by atoms with Crippen molar-refractivity contribution in [1.29, 1.82) is 0 Å². The van der Waals surface area contributed by atoms with E-state index in [2.05, 4.69) is 10.1 Å². The maximum atomic E-state index is 11.4. The third-order valence-electron chi connectivity index (χ3n) is 3.83. The molecule has 0 saturated carbocycles. The van der Waals surface area contributed by atoms with Crippen molar-refractivity contribution < 1.29 is 18.8 Å². The number of piperidine rings is 1. The summed E-state index contributed by atoms with van der Waals surface area (Å²) in [4.78, 5) is 17.6. The number of furan rings is 1. The van der Waals surface area contributed by atoms with Crippen molar-refractivity contribution in [1.82, 2.24) is 15.0 Å². The van der Waals surface area contributed by atoms with Gasteiger partial charge in [0, 0.05) is 0 Å². The molecule has 0 radical (unpaired) electrons. The van der Waals surface area contributed by atoms with Gasteiger partial charge in [0.1, 0.15) is 6.04 Å². The Morgan fingerprint density at radius 2 is 2.43 bits per heavy atom. The predicted molar refractivity (Wildman–Crippen MR) is 72.2 cm³/mol. The smallest absolute Gasteiger partial charge is 0.321 e. The predicted octanol–water partition coefficient (Wildman–Crippen LogP) is 2.01. The highest BCUT2D eigenvalue weighted by molar-refractivity contribution is 5.74. The monoisotopic (exact) mass is 291 g/mol. The number of hydrogen-bond donors (Lipinski definition) is 1. The number of likely N-dealkylation sites (tertiary alicyclic amines) is 1. The zero-order valence-corrected chi connectivity index (χ0v) is 11.7. The SMILES string of the molecule is CC1CCCN(Cc2noc(-c3ccco3)n2)C1C(=O)O. The lowest BCUT2D eigenvalue weighted by Crippen LogP contribution is -2.48. The average Bonchev–Trinajstić information content (AvgIpc) is 3.08. The molecule has 0 aromatic carbocycles. The fourth-order valence-electron chi connectivity index (χ4n) is 2.85. The third kappa shape index (κ3) is 2.82. The first-order valence-corrected chi connectivity index (χ1v) is 6.98. The van der Waals surface area contributed by atoms with Crippen LogP contribution in [0.15, 0.2) is 27.3 Å². The Morgan fingerprint density at radius 3 is 3.14 bits per heavy atom. The lowest BCUT2D eigenvalue weighted by atomic mass is 9.91. The molecule has 7 nitrogen and oxygen atoms in total. The minimum atomic E-state index is -0.794. The van der Waals surface area contributed by atoms with E-state index < -0.39 is 12.0 Å². The molecule has 0 aliphatic carbocycles. The molecule has 1 fully saturated rings. The van der Waals surface area contributed by atoms with Crippen LogP contribution in [0.3, 0.4) is 0 Å². The molecule has 1 N–H and O–H groups in total. The van der Waals surface area contributed by atoms with Crippen LogP contribution in [-0.4, -0.2) is 38.7 Å². The molecule has 112 valence electrons. The van der Waals surface area contributed by atoms with E-state index in [1.54, 1.807) is 12.1 Å². The molecular weight excluding hydrogens is 274 g/mol. The van der Waals surface area contributed by atoms with Crippen LogP contribution in [0.25, 0.3) is 11.7 Å². The van der Waals surface area contributed by atoms with Crippen LogP contribution >= 0.6 is 0 Å². The molecule has 21 heavy (non-hydrogen) atoms. The molecule has 1 aliphatic rings. The number of carboxylic acid groups (broad SMARTS) is 1. The van der Waals surface area contributed by atoms with Crippen LogP contribution < -0.4 is 0 Å². The lowest BCUT2D eigenvalue weighted by Gasteiger charge is -2.36. The number of hydrogen-bond acceptors (Lipinski definition) is 6. The van der Waals surface area contributed by atoms with E-state index in [-0.39, 0.29) is 5.92 Å². The summed E-state index contributed by atoms with van der Waals surface area (Å²) in [6, 6.07) is 2.98. The van der Waals surface area contributed by atoms with Gasteiger partial charge in [-0.1, -0.05) is 12.1 Å². The Hall–Kier alpha value is -2.15. The summed E-state index contributed by atoms with van der Waals surface area (Å²) >= 11 is 0. The summed E-state index contributed by atoms with van der Waals surface area (Å²) in [5, 5.41) is 13.3. The Labute approximate surface area is 121 Å². The van der Waals surface area contributed by atoms with Crippen LogP contribution in [0.4, 0.5) is 0 Å². The first-order chi connectivity index (χ1) is 10.1. The van der Waals surface area contributed by atoms with Gasteiger partial charge in [-0.25, -0.2) is 0 Å². The number of carboxylic acids is 1. The van der Waals surface area contributed by atoms with Crippen LogP contribution in [-0.2, 0) is 11.3 Å². The number of aliphatic carboxylic acids is 1. The Kier molecular flexibility index (Phi) is 3.74. The van der Waals surface area contributed by atoms with Gasteiger partial charge in [0.2, 0.25) is 0 Å². The largest absolute Gasteiger partial charge is 0.480 e. The molecule has 2 aromatic heterocycles. The van der Waals surface area contributed by atoms with Crippen molar-refractivity contribution in [2.75, 3.05) is 6.54 Å². The van der Waals surface area contributed by atoms with Crippen LogP contribution in [0.1, 0.15) is 25.6 Å². The molecule has 0 spiro atoms. The highest BCUT2D eigenvalue weighted by Crippen LogP contribution is 2.25. The number of nitrogens with zero attached hydrogens (tertiary/aromatic N) is 3. The van der Waals surface area contributed by atoms with Crippen molar-refractivity contribution in [2.24, 2.45) is 5.92 Å². The maximum Gasteiger partial charge on any atom is 0.321 e. The van der Waals surface area contributed by atoms with E-state index in [0.717, 1.165) is 19.4 Å². The van der Waals surface area contributed by atoms with Gasteiger partial charge >= 0.3 is 5.97 Å². The van der Waals surface area contributed by atoms with E-state index in [0.29, 0.717) is 24.0 Å². The summed E-state index contributed by atoms with van der Waals surface area (Å²) in [7, 11) is 0. The molecule has 2 aromatic rings. The van der Waals surface area contributed by atoms with Crippen molar-refractivity contribution in [2.45, 2.75) is 32.4 Å². The summed E-state index contributed by atoms with van der Waals surface area (Å²) in [5.74, 6) is 0.619. The Bertz CT molecular complexity index is 608. The van der Waals surface area contributed by atoms with Gasteiger partial charge in [0.25, 0.3) is 5.89 Å². The van der Waals surface area contributed by atoms with Gasteiger partial charge in [-0.15, -0.1) is 0 Å². The highest BCUT2D eigenvalue weighted by Gasteiger charge is 2.34. The molecule has 3 heterocycles. The standard InChI is InChI=1S/C14H17N3O4/c1-9-4-2-6-17(12(9)14(18)19)8-11-15-13(21-16-11)10-5-3-7-20-10/h3,5,7,9,12H,2,4,6,8H2,1H3,(H,18,19). The third-order valence-corrected chi connectivity index (χ3v) is 3.83. The van der Waals surface area contributed by atoms with Gasteiger partial charge in [-0.3, -0.25) is 9.69 Å². The zero-order valence-electron chi connectivity index (χ0n) is 11.7. The highest BCUT2D eigenvalue weighted by atomic mass is 16.5. The minimum absolute atomic E-state index is 0.118. The average molecular weight is 291 g/mol. The number of aromatic nitrogens is 2. The van der Waals surface area contributed by atoms with Gasteiger partial charge in [0.05, 0.1) is 12.8 Å². The fourth-order valence-corrected chi connectivity index (χ4v) is 2.85. The van der Waals surface area contributed by atoms with Gasteiger partial charge in [-0.2, -0.15) is 4.98 Å². The fraction of sp³-hybridized carbons (Fsp3) is 0.500. The second kappa shape index (κ2) is 5.69. The van der Waals surface area contributed by atoms with E-state index in [1.165, 1.54) is 6.26 Å². The van der Waals surface area contributed by atoms with E-state index in [4.69, 9.17) is 8.94 Å². The summed E-state index contributed by atoms with van der Waals surface area (Å²) in [6.07, 6.45) is 3.44. The maximum absolute atomic E-state index is 11.4. The molecule has 2 atom stereocenters. The zero-order chi connectivity index (χ0) is 14.8. The molecular formula is C14H17N3O4. The van der Waals surface area contributed by atoms with Crippen LogP contribution in [0.5, 0.6) is 0 Å².